The maximum atomic E-state index is 13.5. The van der Waals surface area contributed by atoms with Crippen molar-refractivity contribution in [3.05, 3.63) is 159 Å². The van der Waals surface area contributed by atoms with Crippen molar-refractivity contribution in [1.29, 1.82) is 0 Å². The van der Waals surface area contributed by atoms with Gasteiger partial charge in [-0.15, -0.1) is 0 Å². The Morgan fingerprint density at radius 1 is 0.495 bits per heavy atom. The number of aliphatic hydroxyl groups is 1. The second-order valence-corrected chi connectivity index (χ2v) is 27.5. The Kier molecular flexibility index (Phi) is 21.0. The van der Waals surface area contributed by atoms with E-state index in [1.165, 1.54) is 51.2 Å². The van der Waals surface area contributed by atoms with Crippen molar-refractivity contribution in [3.8, 4) is 11.5 Å². The molecule has 10 heterocycles. The van der Waals surface area contributed by atoms with Crippen LogP contribution in [-0.2, 0) is 55.2 Å². The molecule has 99 heavy (non-hydrogen) atoms. The Hall–Kier alpha value is -7.81. The van der Waals surface area contributed by atoms with Gasteiger partial charge in [0.05, 0.1) is 41.6 Å². The Balaban J connectivity index is 0.000000161. The van der Waals surface area contributed by atoms with Crippen LogP contribution in [0.3, 0.4) is 0 Å². The number of likely N-dealkylation sites (tertiary alicyclic amines) is 3. The second-order valence-electron chi connectivity index (χ2n) is 27.5. The monoisotopic (exact) mass is 1390 g/mol. The third kappa shape index (κ3) is 14.3. The number of rotatable bonds is 10. The first-order valence-corrected chi connectivity index (χ1v) is 34.3. The number of nitrogens with zero attached hydrogens (tertiary/aromatic N) is 10. The molecule has 0 aliphatic carbocycles. The lowest BCUT2D eigenvalue weighted by Crippen LogP contribution is -2.56. The molecule has 7 aliphatic heterocycles. The number of anilines is 1. The predicted octanol–water partition coefficient (Wildman–Crippen LogP) is 12.7. The Morgan fingerprint density at radius 2 is 0.909 bits per heavy atom. The molecule has 0 saturated carbocycles. The molecule has 4 fully saturated rings. The van der Waals surface area contributed by atoms with E-state index in [9.17, 15) is 63.8 Å². The number of carbonyl (C=O) groups is 4. The molecule has 0 atom stereocenters. The van der Waals surface area contributed by atoms with Gasteiger partial charge in [-0.1, -0.05) is 6.07 Å². The molecule has 6 aromatic rings. The molecule has 17 nitrogen and oxygen atoms in total. The van der Waals surface area contributed by atoms with E-state index in [1.807, 2.05) is 95.0 Å². The van der Waals surface area contributed by atoms with Gasteiger partial charge >= 0.3 is 18.5 Å². The number of fused-ring (bicyclic) bond motifs is 6. The molecule has 7 aliphatic rings. The van der Waals surface area contributed by atoms with Crippen molar-refractivity contribution in [2.24, 2.45) is 0 Å². The quantitative estimate of drug-likeness (QED) is 0.103. The number of halogens is 9. The van der Waals surface area contributed by atoms with E-state index in [0.717, 1.165) is 35.8 Å². The van der Waals surface area contributed by atoms with Gasteiger partial charge in [0.2, 0.25) is 0 Å². The maximum Gasteiger partial charge on any atom is 0.456 e. The Morgan fingerprint density at radius 3 is 1.33 bits per heavy atom. The fraction of sp³-hybridized carbons (Fsp3) is 0.534. The van der Waals surface area contributed by atoms with Crippen molar-refractivity contribution in [1.82, 2.24) is 43.1 Å². The third-order valence-corrected chi connectivity index (χ3v) is 21.7. The van der Waals surface area contributed by atoms with Crippen LogP contribution in [0.4, 0.5) is 45.2 Å². The van der Waals surface area contributed by atoms with Crippen LogP contribution in [0.1, 0.15) is 161 Å². The summed E-state index contributed by atoms with van der Waals surface area (Å²) >= 11 is 0. The largest absolute Gasteiger partial charge is 0.493 e. The normalized spacial score (nSPS) is 19.4. The molecule has 3 aromatic heterocycles. The van der Waals surface area contributed by atoms with Gasteiger partial charge in [0, 0.05) is 138 Å². The van der Waals surface area contributed by atoms with Gasteiger partial charge in [-0.25, -0.2) is 0 Å². The number of piperidine rings is 4. The number of likely N-dealkylation sites (N-methyl/N-ethyl adjacent to an activating group) is 3. The third-order valence-electron chi connectivity index (χ3n) is 21.7. The number of ether oxygens (including phenoxy) is 2. The first-order valence-electron chi connectivity index (χ1n) is 34.3. The van der Waals surface area contributed by atoms with Crippen molar-refractivity contribution in [2.45, 2.75) is 153 Å². The number of aryl methyl sites for hydroxylation is 1. The SMILES string of the molecule is CCOc1cc(C(=O)N2CCC3(CC2)c2ccc(C(F)(F)F)n2CCN3C)ccc1CO.CN1CCn2c(C(=O)C(F)(F)F)ccc2C12CCN(C(=O)c1ccc(N3CCCCC3)cc1)CC2.Cc1cc(C(=O)N2CCC3(CC2)c2ccc(C(F)(F)F)n2CCN3C)ccc1OC(C)C.[HH]. The highest BCUT2D eigenvalue weighted by Gasteiger charge is 2.51. The number of carbonyl (C=O) groups excluding carboxylic acids is 4. The van der Waals surface area contributed by atoms with Crippen molar-refractivity contribution in [3.63, 3.8) is 0 Å². The summed E-state index contributed by atoms with van der Waals surface area (Å²) in [5.41, 5.74) is 3.54. The average molecular weight is 1390 g/mol. The molecule has 26 heteroatoms. The van der Waals surface area contributed by atoms with E-state index in [4.69, 9.17) is 9.47 Å². The van der Waals surface area contributed by atoms with Crippen molar-refractivity contribution in [2.75, 3.05) is 105 Å². The van der Waals surface area contributed by atoms with Gasteiger partial charge in [0.1, 0.15) is 22.9 Å². The van der Waals surface area contributed by atoms with Gasteiger partial charge < -0.3 is 47.9 Å². The minimum absolute atomic E-state index is 0. The van der Waals surface area contributed by atoms with Crippen LogP contribution < -0.4 is 14.4 Å². The first-order chi connectivity index (χ1) is 46.9. The molecule has 4 saturated heterocycles. The molecular weight excluding hydrogens is 1300 g/mol. The van der Waals surface area contributed by atoms with Gasteiger partial charge in [-0.3, -0.25) is 33.9 Å². The molecule has 538 valence electrons. The van der Waals surface area contributed by atoms with E-state index in [1.54, 1.807) is 47.4 Å². The second kappa shape index (κ2) is 28.7. The summed E-state index contributed by atoms with van der Waals surface area (Å²) in [6, 6.07) is 26.8. The van der Waals surface area contributed by atoms with Crippen LogP contribution in [0.2, 0.25) is 0 Å². The summed E-state index contributed by atoms with van der Waals surface area (Å²) in [6.45, 7) is 15.5. The highest BCUT2D eigenvalue weighted by molar-refractivity contribution is 5.99. The van der Waals surface area contributed by atoms with E-state index >= 15 is 0 Å². The zero-order chi connectivity index (χ0) is 71.1. The van der Waals surface area contributed by atoms with Gasteiger partial charge in [0.15, 0.2) is 0 Å². The molecular formula is C73H91F9N10O7. The molecule has 3 spiro atoms. The lowest BCUT2D eigenvalue weighted by molar-refractivity contribution is -0.145. The molecule has 0 bridgehead atoms. The van der Waals surface area contributed by atoms with Crippen LogP contribution in [0, 0.1) is 6.92 Å². The van der Waals surface area contributed by atoms with Crippen LogP contribution in [-0.4, -0.2) is 184 Å². The maximum absolute atomic E-state index is 13.5. The summed E-state index contributed by atoms with van der Waals surface area (Å²) in [5.74, 6) is -0.770. The summed E-state index contributed by atoms with van der Waals surface area (Å²) in [4.78, 5) is 65.6. The highest BCUT2D eigenvalue weighted by Crippen LogP contribution is 2.47. The van der Waals surface area contributed by atoms with E-state index in [-0.39, 0.29) is 37.6 Å². The van der Waals surface area contributed by atoms with E-state index in [0.29, 0.717) is 163 Å². The topological polar surface area (TPSA) is 144 Å². The van der Waals surface area contributed by atoms with Gasteiger partial charge in [-0.05, 0) is 203 Å². The lowest BCUT2D eigenvalue weighted by Gasteiger charge is -2.50. The fourth-order valence-corrected chi connectivity index (χ4v) is 16.1. The lowest BCUT2D eigenvalue weighted by atomic mass is 9.81. The number of aliphatic hydroxyl groups excluding tert-OH is 1. The number of hydrogen-bond acceptors (Lipinski definition) is 11. The van der Waals surface area contributed by atoms with Crippen LogP contribution in [0.15, 0.2) is 97.1 Å². The van der Waals surface area contributed by atoms with Crippen LogP contribution >= 0.6 is 0 Å². The summed E-state index contributed by atoms with van der Waals surface area (Å²) in [6.07, 6.45) is -6.41. The summed E-state index contributed by atoms with van der Waals surface area (Å²) < 4.78 is 136. The summed E-state index contributed by atoms with van der Waals surface area (Å²) in [7, 11) is 5.89. The standard InChI is InChI=1S/C26H31F3N4O2.C24H30F3N3O2.C23H28F3N3O3.H2/c1-30-17-18-33-21(23(34)26(27,28)29)9-10-22(33)25(30)11-15-32(16-12-25)24(35)19-5-7-20(8-6-19)31-13-3-2-4-14-31;1-16(2)32-19-6-5-18(15-17(19)3)22(31)29-11-9-23(10-12-29)20-7-8-21(24(25,26)27)30(20)14-13-28(23)4;1-3-32-18-14-16(4-5-17(18)15-30)21(31)28-10-8-22(9-11-28)19-6-7-20(23(24,25)26)29(19)13-12-27(22)2;/h5-10H,2-4,11-18H2,1H3;5-8,15-16H,9-14H2,1-4H3;4-7,14,30H,3,8-13,15H2,1-2H3;1H. The minimum Gasteiger partial charge on any atom is -0.493 e. The number of amides is 3. The molecule has 1 N–H and O–H groups in total. The highest BCUT2D eigenvalue weighted by atomic mass is 19.4. The molecule has 0 radical (unpaired) electrons. The fourth-order valence-electron chi connectivity index (χ4n) is 16.1. The first kappa shape index (κ1) is 72.4. The van der Waals surface area contributed by atoms with Gasteiger partial charge in [-0.2, -0.15) is 39.5 Å². The number of alkyl halides is 9. The zero-order valence-electron chi connectivity index (χ0n) is 57.3. The Labute approximate surface area is 573 Å². The minimum atomic E-state index is -4.90. The number of aromatic nitrogens is 3. The molecule has 13 rings (SSSR count). The molecule has 0 unspecified atom stereocenters. The Bertz CT molecular complexity index is 3890. The zero-order valence-corrected chi connectivity index (χ0v) is 57.3. The number of hydrogen-bond donors (Lipinski definition) is 1. The van der Waals surface area contributed by atoms with Crippen molar-refractivity contribution >= 4 is 29.2 Å². The van der Waals surface area contributed by atoms with Crippen molar-refractivity contribution < 1.29 is 74.7 Å². The number of ketones is 1. The van der Waals surface area contributed by atoms with Crippen LogP contribution in [0.25, 0.3) is 0 Å². The van der Waals surface area contributed by atoms with Gasteiger partial charge in [0.25, 0.3) is 23.5 Å². The molecule has 3 aromatic carbocycles. The average Bonchev–Trinajstić information content (AvgIpc) is 1.51. The van der Waals surface area contributed by atoms with Crippen LogP contribution in [0.5, 0.6) is 11.5 Å². The predicted molar refractivity (Wildman–Crippen MR) is 357 cm³/mol. The number of Topliss-reactive ketones (excluding diaryl/α,β-unsaturated/α-hetero) is 1. The molecule has 3 amide bonds. The number of benzene rings is 3. The van der Waals surface area contributed by atoms with E-state index < -0.39 is 52.3 Å². The summed E-state index contributed by atoms with van der Waals surface area (Å²) in [5, 5.41) is 9.47. The van der Waals surface area contributed by atoms with E-state index in [2.05, 4.69) is 19.6 Å². The smallest absolute Gasteiger partial charge is 0.456 e.